The molecule has 9 heteroatoms. The fraction of sp³-hybridized carbons (Fsp3) is 0.417. The quantitative estimate of drug-likeness (QED) is 0.718. The molecule has 1 saturated heterocycles. The number of nitrogens with zero attached hydrogens (tertiary/aromatic N) is 2. The van der Waals surface area contributed by atoms with Crippen molar-refractivity contribution >= 4 is 50.2 Å². The molecule has 0 aliphatic carbocycles. The second kappa shape index (κ2) is 5.66. The topological polar surface area (TPSA) is 87.7 Å². The SMILES string of the molecule is OC[C@@H]1O[C@@H](n2c(Br)nc3cc(Cl)c(Cl)cc32)[C@H](O)[C@H]1O. The van der Waals surface area contributed by atoms with Crippen LogP contribution in [0.2, 0.25) is 10.0 Å². The Hall–Kier alpha value is -0.410. The summed E-state index contributed by atoms with van der Waals surface area (Å²) in [6.07, 6.45) is -4.15. The summed E-state index contributed by atoms with van der Waals surface area (Å²) >= 11 is 15.3. The molecule has 0 radical (unpaired) electrons. The number of hydrogen-bond acceptors (Lipinski definition) is 5. The summed E-state index contributed by atoms with van der Waals surface area (Å²) in [6.45, 7) is -0.397. The van der Waals surface area contributed by atoms with Gasteiger partial charge in [-0.1, -0.05) is 23.2 Å². The van der Waals surface area contributed by atoms with E-state index in [0.29, 0.717) is 25.8 Å². The Labute approximate surface area is 138 Å². The highest BCUT2D eigenvalue weighted by Crippen LogP contribution is 2.37. The van der Waals surface area contributed by atoms with E-state index in [1.54, 1.807) is 16.7 Å². The van der Waals surface area contributed by atoms with E-state index in [1.807, 2.05) is 0 Å². The molecule has 1 fully saturated rings. The van der Waals surface area contributed by atoms with Crippen LogP contribution >= 0.6 is 39.1 Å². The molecule has 3 N–H and O–H groups in total. The van der Waals surface area contributed by atoms with E-state index in [1.165, 1.54) is 0 Å². The van der Waals surface area contributed by atoms with Crippen LogP contribution in [0.25, 0.3) is 11.0 Å². The lowest BCUT2D eigenvalue weighted by Crippen LogP contribution is -2.33. The Morgan fingerprint density at radius 1 is 1.24 bits per heavy atom. The van der Waals surface area contributed by atoms with E-state index in [4.69, 9.17) is 33.0 Å². The molecule has 3 rings (SSSR count). The maximum absolute atomic E-state index is 10.1. The van der Waals surface area contributed by atoms with Crippen LogP contribution in [0.1, 0.15) is 6.23 Å². The Morgan fingerprint density at radius 2 is 1.90 bits per heavy atom. The van der Waals surface area contributed by atoms with Crippen molar-refractivity contribution in [2.24, 2.45) is 0 Å². The van der Waals surface area contributed by atoms with Crippen LogP contribution in [0.5, 0.6) is 0 Å². The van der Waals surface area contributed by atoms with Gasteiger partial charge in [-0.15, -0.1) is 0 Å². The number of aromatic nitrogens is 2. The van der Waals surface area contributed by atoms with E-state index >= 15 is 0 Å². The summed E-state index contributed by atoms with van der Waals surface area (Å²) in [5, 5.41) is 29.8. The highest BCUT2D eigenvalue weighted by molar-refractivity contribution is 9.10. The molecule has 0 saturated carbocycles. The molecule has 0 unspecified atom stereocenters. The largest absolute Gasteiger partial charge is 0.394 e. The van der Waals surface area contributed by atoms with Crippen molar-refractivity contribution in [1.82, 2.24) is 9.55 Å². The number of aliphatic hydroxyl groups excluding tert-OH is 3. The molecule has 4 atom stereocenters. The zero-order chi connectivity index (χ0) is 15.3. The number of fused-ring (bicyclic) bond motifs is 1. The van der Waals surface area contributed by atoms with Crippen molar-refractivity contribution < 1.29 is 20.1 Å². The third-order valence-electron chi connectivity index (χ3n) is 3.46. The second-order valence-corrected chi connectivity index (χ2v) is 6.26. The first-order chi connectivity index (χ1) is 9.93. The minimum absolute atomic E-state index is 0.338. The molecule has 1 aromatic heterocycles. The minimum atomic E-state index is -1.20. The fourth-order valence-electron chi connectivity index (χ4n) is 2.40. The summed E-state index contributed by atoms with van der Waals surface area (Å²) < 4.78 is 7.46. The van der Waals surface area contributed by atoms with Crippen LogP contribution in [0.15, 0.2) is 16.9 Å². The molecule has 2 heterocycles. The molecule has 1 aliphatic heterocycles. The van der Waals surface area contributed by atoms with Gasteiger partial charge < -0.3 is 20.1 Å². The smallest absolute Gasteiger partial charge is 0.180 e. The summed E-state index contributed by atoms with van der Waals surface area (Å²) in [7, 11) is 0. The molecule has 1 aliphatic rings. The maximum Gasteiger partial charge on any atom is 0.180 e. The van der Waals surface area contributed by atoms with Crippen molar-refractivity contribution in [2.45, 2.75) is 24.5 Å². The number of rotatable bonds is 2. The molecule has 6 nitrogen and oxygen atoms in total. The summed E-state index contributed by atoms with van der Waals surface area (Å²) in [5.41, 5.74) is 1.15. The van der Waals surface area contributed by atoms with E-state index < -0.39 is 31.1 Å². The standard InChI is InChI=1S/C12H11BrCl2N2O4/c13-12-16-6-1-4(14)5(15)2-7(6)17(12)11-10(20)9(19)8(3-18)21-11/h1-2,8-11,18-20H,3H2/t8-,9-,10+,11+/m0/s1. The maximum atomic E-state index is 10.1. The molecule has 0 amide bonds. The molecular formula is C12H11BrCl2N2O4. The van der Waals surface area contributed by atoms with Gasteiger partial charge >= 0.3 is 0 Å². The Balaban J connectivity index is 2.12. The number of benzene rings is 1. The first-order valence-corrected chi connectivity index (χ1v) is 7.64. The van der Waals surface area contributed by atoms with E-state index in [0.717, 1.165) is 0 Å². The van der Waals surface area contributed by atoms with Crippen LogP contribution in [0.3, 0.4) is 0 Å². The van der Waals surface area contributed by atoms with Gasteiger partial charge in [-0.3, -0.25) is 4.57 Å². The van der Waals surface area contributed by atoms with E-state index in [2.05, 4.69) is 20.9 Å². The van der Waals surface area contributed by atoms with Crippen molar-refractivity contribution in [2.75, 3.05) is 6.61 Å². The van der Waals surface area contributed by atoms with Gasteiger partial charge in [0.15, 0.2) is 11.0 Å². The molecule has 21 heavy (non-hydrogen) atoms. The van der Waals surface area contributed by atoms with Crippen molar-refractivity contribution in [3.63, 3.8) is 0 Å². The van der Waals surface area contributed by atoms with Crippen molar-refractivity contribution in [3.8, 4) is 0 Å². The molecule has 1 aromatic carbocycles. The molecule has 2 aromatic rings. The van der Waals surface area contributed by atoms with Gasteiger partial charge in [-0.2, -0.15) is 0 Å². The minimum Gasteiger partial charge on any atom is -0.394 e. The highest BCUT2D eigenvalue weighted by atomic mass is 79.9. The zero-order valence-corrected chi connectivity index (χ0v) is 13.5. The van der Waals surface area contributed by atoms with E-state index in [9.17, 15) is 10.2 Å². The second-order valence-electron chi connectivity index (χ2n) is 4.73. The van der Waals surface area contributed by atoms with Crippen LogP contribution in [-0.4, -0.2) is 49.8 Å². The predicted octanol–water partition coefficient (Wildman–Crippen LogP) is 1.72. The van der Waals surface area contributed by atoms with Gasteiger partial charge in [0.25, 0.3) is 0 Å². The Bertz CT molecular complexity index is 695. The number of imidazole rings is 1. The Morgan fingerprint density at radius 3 is 2.52 bits per heavy atom. The van der Waals surface area contributed by atoms with Gasteiger partial charge in [0, 0.05) is 0 Å². The van der Waals surface area contributed by atoms with Crippen LogP contribution in [0, 0.1) is 0 Å². The van der Waals surface area contributed by atoms with E-state index in [-0.39, 0.29) is 0 Å². The van der Waals surface area contributed by atoms with Crippen LogP contribution in [0.4, 0.5) is 0 Å². The first-order valence-electron chi connectivity index (χ1n) is 6.09. The zero-order valence-electron chi connectivity index (χ0n) is 10.4. The lowest BCUT2D eigenvalue weighted by Gasteiger charge is -2.18. The number of hydrogen-bond donors (Lipinski definition) is 3. The number of aliphatic hydroxyl groups is 3. The first kappa shape index (κ1) is 15.5. The van der Waals surface area contributed by atoms with Crippen LogP contribution < -0.4 is 0 Å². The summed E-state index contributed by atoms with van der Waals surface area (Å²) in [5.74, 6) is 0. The van der Waals surface area contributed by atoms with Gasteiger partial charge in [0.1, 0.15) is 18.3 Å². The van der Waals surface area contributed by atoms with Crippen molar-refractivity contribution in [3.05, 3.63) is 26.9 Å². The monoisotopic (exact) mass is 396 g/mol. The van der Waals surface area contributed by atoms with Gasteiger partial charge in [0.05, 0.1) is 27.7 Å². The molecule has 114 valence electrons. The summed E-state index contributed by atoms with van der Waals surface area (Å²) in [4.78, 5) is 4.27. The fourth-order valence-corrected chi connectivity index (χ4v) is 3.30. The molecule has 0 spiro atoms. The normalized spacial score (nSPS) is 29.4. The Kier molecular flexibility index (Phi) is 4.17. The predicted molar refractivity (Wildman–Crippen MR) is 80.5 cm³/mol. The third-order valence-corrected chi connectivity index (χ3v) is 4.74. The van der Waals surface area contributed by atoms with Gasteiger partial charge in [-0.25, -0.2) is 4.98 Å². The lowest BCUT2D eigenvalue weighted by molar-refractivity contribution is -0.0518. The number of ether oxygens (including phenoxy) is 1. The van der Waals surface area contributed by atoms with Gasteiger partial charge in [-0.05, 0) is 28.1 Å². The van der Waals surface area contributed by atoms with Crippen molar-refractivity contribution in [1.29, 1.82) is 0 Å². The van der Waals surface area contributed by atoms with Gasteiger partial charge in [0.2, 0.25) is 0 Å². The molecular weight excluding hydrogens is 387 g/mol. The van der Waals surface area contributed by atoms with Crippen LogP contribution in [-0.2, 0) is 4.74 Å². The average Bonchev–Trinajstić information content (AvgIpc) is 2.89. The lowest BCUT2D eigenvalue weighted by atomic mass is 10.1. The molecule has 0 bridgehead atoms. The highest BCUT2D eigenvalue weighted by Gasteiger charge is 2.44. The number of halogens is 3. The third kappa shape index (κ3) is 2.46. The average molecular weight is 398 g/mol. The summed E-state index contributed by atoms with van der Waals surface area (Å²) in [6, 6.07) is 3.20.